The molecule has 0 saturated heterocycles. The first-order valence-corrected chi connectivity index (χ1v) is 6.46. The third kappa shape index (κ3) is 2.49. The Kier molecular flexibility index (Phi) is 3.95. The first kappa shape index (κ1) is 9.08. The number of benzene rings is 1. The summed E-state index contributed by atoms with van der Waals surface area (Å²) in [6.07, 6.45) is 0.713. The van der Waals surface area contributed by atoms with Gasteiger partial charge >= 0.3 is 76.6 Å². The summed E-state index contributed by atoms with van der Waals surface area (Å²) in [5.41, 5.74) is 1.17. The molecule has 1 rings (SSSR count). The Morgan fingerprint density at radius 1 is 1.36 bits per heavy atom. The van der Waals surface area contributed by atoms with E-state index in [4.69, 9.17) is 15.2 Å². The molecule has 1 aromatic carbocycles. The maximum absolute atomic E-state index is 8.70. The van der Waals surface area contributed by atoms with Crippen LogP contribution in [0.3, 0.4) is 0 Å². The fraction of sp³-hybridized carbons (Fsp3) is 0.250. The van der Waals surface area contributed by atoms with Gasteiger partial charge in [-0.25, -0.2) is 0 Å². The second-order valence-corrected chi connectivity index (χ2v) is 4.21. The van der Waals surface area contributed by atoms with Gasteiger partial charge in [-0.3, -0.25) is 0 Å². The monoisotopic (exact) mass is 236 g/mol. The molecule has 1 aromatic rings. The van der Waals surface area contributed by atoms with Crippen molar-refractivity contribution in [2.75, 3.05) is 6.61 Å². The van der Waals surface area contributed by atoms with Gasteiger partial charge in [0.2, 0.25) is 0 Å². The molecule has 0 amide bonds. The molecule has 0 aromatic heterocycles. The van der Waals surface area contributed by atoms with Crippen LogP contribution in [0.1, 0.15) is 5.56 Å². The van der Waals surface area contributed by atoms with E-state index in [9.17, 15) is 0 Å². The van der Waals surface area contributed by atoms with E-state index >= 15 is 0 Å². The molecule has 0 aliphatic heterocycles. The zero-order valence-electron chi connectivity index (χ0n) is 5.96. The van der Waals surface area contributed by atoms with Crippen molar-refractivity contribution in [1.29, 1.82) is 0 Å². The summed E-state index contributed by atoms with van der Waals surface area (Å²) in [6, 6.07) is 7.96. The fourth-order valence-electron chi connectivity index (χ4n) is 0.906. The van der Waals surface area contributed by atoms with Gasteiger partial charge in [-0.05, 0) is 0 Å². The topological polar surface area (TPSA) is 20.2 Å². The SMILES string of the molecule is OCCc1ccccc1[Se]Cl. The van der Waals surface area contributed by atoms with E-state index in [0.29, 0.717) is 6.42 Å². The summed E-state index contributed by atoms with van der Waals surface area (Å²) in [5, 5.41) is 8.70. The first-order chi connectivity index (χ1) is 5.38. The molecule has 1 nitrogen and oxygen atoms in total. The van der Waals surface area contributed by atoms with Gasteiger partial charge in [0, 0.05) is 0 Å². The van der Waals surface area contributed by atoms with Crippen molar-refractivity contribution in [3.63, 3.8) is 0 Å². The molecule has 3 heteroatoms. The van der Waals surface area contributed by atoms with Crippen LogP contribution >= 0.6 is 10.1 Å². The van der Waals surface area contributed by atoms with Gasteiger partial charge in [0.25, 0.3) is 0 Å². The molecule has 0 fully saturated rings. The number of hydrogen-bond acceptors (Lipinski definition) is 1. The molecule has 0 heterocycles. The molecule has 0 saturated carbocycles. The third-order valence-corrected chi connectivity index (χ3v) is 3.49. The molecular weight excluding hydrogens is 226 g/mol. The van der Waals surface area contributed by atoms with Crippen LogP contribution in [-0.4, -0.2) is 25.8 Å². The predicted molar refractivity (Wildman–Crippen MR) is 48.5 cm³/mol. The van der Waals surface area contributed by atoms with Crippen molar-refractivity contribution in [3.05, 3.63) is 29.8 Å². The fourth-order valence-corrected chi connectivity index (χ4v) is 2.53. The van der Waals surface area contributed by atoms with Crippen LogP contribution < -0.4 is 4.46 Å². The maximum atomic E-state index is 8.70. The number of halogens is 1. The molecule has 0 bridgehead atoms. The third-order valence-electron chi connectivity index (χ3n) is 1.44. The molecular formula is C8H9ClOSe. The predicted octanol–water partition coefficient (Wildman–Crippen LogP) is 0.705. The van der Waals surface area contributed by atoms with Crippen LogP contribution in [-0.2, 0) is 6.42 Å². The van der Waals surface area contributed by atoms with Crippen LogP contribution in [0.4, 0.5) is 0 Å². The molecule has 0 spiro atoms. The van der Waals surface area contributed by atoms with Crippen molar-refractivity contribution >= 4 is 28.6 Å². The second-order valence-electron chi connectivity index (χ2n) is 2.16. The second kappa shape index (κ2) is 4.78. The summed E-state index contributed by atoms with van der Waals surface area (Å²) in [7, 11) is 5.75. The van der Waals surface area contributed by atoms with E-state index in [1.165, 1.54) is 10.0 Å². The van der Waals surface area contributed by atoms with Gasteiger partial charge in [0.1, 0.15) is 0 Å². The van der Waals surface area contributed by atoms with Crippen LogP contribution in [0.25, 0.3) is 0 Å². The molecule has 0 aliphatic rings. The Bertz CT molecular complexity index is 227. The summed E-state index contributed by atoms with van der Waals surface area (Å²) in [5.74, 6) is 0. The average Bonchev–Trinajstić information content (AvgIpc) is 2.06. The van der Waals surface area contributed by atoms with Crippen molar-refractivity contribution in [3.8, 4) is 0 Å². The van der Waals surface area contributed by atoms with Crippen LogP contribution in [0.5, 0.6) is 0 Å². The molecule has 11 heavy (non-hydrogen) atoms. The van der Waals surface area contributed by atoms with Crippen molar-refractivity contribution in [2.24, 2.45) is 0 Å². The van der Waals surface area contributed by atoms with Gasteiger partial charge in [0.05, 0.1) is 0 Å². The van der Waals surface area contributed by atoms with Gasteiger partial charge in [-0.1, -0.05) is 0 Å². The average molecular weight is 236 g/mol. The van der Waals surface area contributed by atoms with E-state index in [-0.39, 0.29) is 20.7 Å². The molecule has 0 unspecified atom stereocenters. The van der Waals surface area contributed by atoms with Gasteiger partial charge in [0.15, 0.2) is 0 Å². The van der Waals surface area contributed by atoms with Gasteiger partial charge in [-0.2, -0.15) is 0 Å². The van der Waals surface area contributed by atoms with E-state index in [0.717, 1.165) is 0 Å². The van der Waals surface area contributed by atoms with Crippen LogP contribution in [0.15, 0.2) is 24.3 Å². The van der Waals surface area contributed by atoms with Gasteiger partial charge < -0.3 is 0 Å². The zero-order valence-corrected chi connectivity index (χ0v) is 8.43. The van der Waals surface area contributed by atoms with E-state index in [1.54, 1.807) is 0 Å². The summed E-state index contributed by atoms with van der Waals surface area (Å²) in [6.45, 7) is 0.198. The minimum atomic E-state index is 0.0196. The molecule has 0 aliphatic carbocycles. The Hall–Kier alpha value is -0.0105. The number of rotatable bonds is 3. The minimum absolute atomic E-state index is 0.0196. The van der Waals surface area contributed by atoms with Crippen molar-refractivity contribution in [2.45, 2.75) is 6.42 Å². The zero-order chi connectivity index (χ0) is 8.10. The summed E-state index contributed by atoms with van der Waals surface area (Å²) in [4.78, 5) is 0. The molecule has 0 radical (unpaired) electrons. The van der Waals surface area contributed by atoms with Gasteiger partial charge in [-0.15, -0.1) is 0 Å². The van der Waals surface area contributed by atoms with Crippen LogP contribution in [0.2, 0.25) is 0 Å². The Balaban J connectivity index is 2.83. The molecule has 0 atom stereocenters. The van der Waals surface area contributed by atoms with Crippen molar-refractivity contribution in [1.82, 2.24) is 0 Å². The van der Waals surface area contributed by atoms with Crippen LogP contribution in [0, 0.1) is 0 Å². The Labute approximate surface area is 76.8 Å². The number of hydrogen-bond donors (Lipinski definition) is 1. The normalized spacial score (nSPS) is 10.0. The van der Waals surface area contributed by atoms with Crippen molar-refractivity contribution < 1.29 is 5.11 Å². The standard InChI is InChI=1S/C8H9ClOSe/c9-11-8-4-2-1-3-7(8)5-6-10/h1-4,10H,5-6H2. The molecule has 60 valence electrons. The van der Waals surface area contributed by atoms with E-state index in [2.05, 4.69) is 0 Å². The number of aliphatic hydroxyl groups is 1. The summed E-state index contributed by atoms with van der Waals surface area (Å²) < 4.78 is 1.18. The Morgan fingerprint density at radius 2 is 2.09 bits per heavy atom. The summed E-state index contributed by atoms with van der Waals surface area (Å²) >= 11 is 0.0196. The first-order valence-electron chi connectivity index (χ1n) is 3.36. The van der Waals surface area contributed by atoms with E-state index in [1.807, 2.05) is 24.3 Å². The van der Waals surface area contributed by atoms with E-state index < -0.39 is 0 Å². The quantitative estimate of drug-likeness (QED) is 0.765. The number of aliphatic hydroxyl groups excluding tert-OH is 1. The Morgan fingerprint density at radius 3 is 2.73 bits per heavy atom. The molecule has 1 N–H and O–H groups in total.